The molecule has 12 nitrogen and oxygen atoms in total. The third-order valence-electron chi connectivity index (χ3n) is 5.69. The number of nitrogens with zero attached hydrogens (tertiary/aromatic N) is 2. The maximum absolute atomic E-state index is 12.1. The summed E-state index contributed by atoms with van der Waals surface area (Å²) in [7, 11) is -4.20. The van der Waals surface area contributed by atoms with Crippen molar-refractivity contribution in [3.63, 3.8) is 0 Å². The lowest BCUT2D eigenvalue weighted by Crippen LogP contribution is -2.28. The predicted octanol–water partition coefficient (Wildman–Crippen LogP) is 0.596. The second kappa shape index (κ2) is 13.0. The first-order valence-electron chi connectivity index (χ1n) is 11.8. The van der Waals surface area contributed by atoms with E-state index in [1.165, 1.54) is 24.5 Å². The molecule has 0 amide bonds. The van der Waals surface area contributed by atoms with Crippen molar-refractivity contribution in [1.29, 1.82) is 0 Å². The average Bonchev–Trinajstić information content (AvgIpc) is 3.51. The highest BCUT2D eigenvalue weighted by atomic mass is 35.7. The summed E-state index contributed by atoms with van der Waals surface area (Å²) in [5, 5.41) is 18.7. The van der Waals surface area contributed by atoms with Crippen LogP contribution in [0.15, 0.2) is 95.2 Å². The minimum atomic E-state index is -3.73. The van der Waals surface area contributed by atoms with Gasteiger partial charge in [0.2, 0.25) is 0 Å². The average molecular weight is 617 g/mol. The number of halogens is 1. The molecule has 0 radical (unpaired) electrons. The number of benzene rings is 2. The fourth-order valence-electron chi connectivity index (χ4n) is 3.72. The summed E-state index contributed by atoms with van der Waals surface area (Å²) in [5.41, 5.74) is 9.78. The molecule has 6 rings (SSSR count). The predicted molar refractivity (Wildman–Crippen MR) is 154 cm³/mol. The number of nitrogens with one attached hydrogen (secondary N) is 1. The lowest BCUT2D eigenvalue weighted by Gasteiger charge is -2.08. The van der Waals surface area contributed by atoms with Gasteiger partial charge < -0.3 is 25.1 Å². The van der Waals surface area contributed by atoms with Gasteiger partial charge in [0, 0.05) is 34.5 Å². The van der Waals surface area contributed by atoms with Crippen molar-refractivity contribution in [3.8, 4) is 0 Å². The van der Waals surface area contributed by atoms with Gasteiger partial charge in [-0.2, -0.15) is 8.42 Å². The van der Waals surface area contributed by atoms with Crippen molar-refractivity contribution in [1.82, 2.24) is 9.97 Å². The van der Waals surface area contributed by atoms with Crippen LogP contribution >= 0.6 is 10.7 Å². The Balaban J connectivity index is 0.000000156. The van der Waals surface area contributed by atoms with E-state index in [1.807, 2.05) is 6.07 Å². The van der Waals surface area contributed by atoms with Crippen LogP contribution in [-0.4, -0.2) is 51.1 Å². The second-order valence-electron chi connectivity index (χ2n) is 8.58. The van der Waals surface area contributed by atoms with Gasteiger partial charge in [-0.15, -0.1) is 0 Å². The van der Waals surface area contributed by atoms with Gasteiger partial charge in [0.25, 0.3) is 19.1 Å². The smallest absolute Gasteiger partial charge is 0.423 e. The third-order valence-corrected chi connectivity index (χ3v) is 8.21. The molecule has 0 unspecified atom stereocenters. The van der Waals surface area contributed by atoms with Crippen molar-refractivity contribution in [2.75, 3.05) is 10.5 Å². The number of hydrogen-bond acceptors (Lipinski definition) is 11. The SMILES string of the molecule is Nc1ccc2c(c1)B(O)OC2.O=S(=O)(Cl)c1ccccn1.O=S(=O)(Nc1ccc2c(c1)B(O)OC2)c1ccccn1. The molecule has 2 aliphatic rings. The van der Waals surface area contributed by atoms with E-state index in [9.17, 15) is 26.9 Å². The number of nitrogens with two attached hydrogens (primary N) is 1. The fraction of sp³-hybridized carbons (Fsp3) is 0.0833. The van der Waals surface area contributed by atoms with Crippen molar-refractivity contribution in [3.05, 3.63) is 96.3 Å². The Labute approximate surface area is 241 Å². The van der Waals surface area contributed by atoms with Crippen LogP contribution in [-0.2, 0) is 41.6 Å². The molecular weight excluding hydrogens is 593 g/mol. The van der Waals surface area contributed by atoms with Crippen LogP contribution in [0.4, 0.5) is 11.4 Å². The van der Waals surface area contributed by atoms with Gasteiger partial charge in [-0.1, -0.05) is 24.3 Å². The molecule has 2 aromatic heterocycles. The molecule has 0 spiro atoms. The Morgan fingerprint density at radius 3 is 1.83 bits per heavy atom. The Morgan fingerprint density at radius 2 is 1.32 bits per heavy atom. The van der Waals surface area contributed by atoms with Crippen molar-refractivity contribution in [2.24, 2.45) is 0 Å². The summed E-state index contributed by atoms with van der Waals surface area (Å²) in [6, 6.07) is 19.5. The molecule has 2 aromatic carbocycles. The second-order valence-corrected chi connectivity index (χ2v) is 12.7. The first-order chi connectivity index (χ1) is 19.4. The van der Waals surface area contributed by atoms with Gasteiger partial charge in [-0.3, -0.25) is 4.72 Å². The molecule has 0 fully saturated rings. The van der Waals surface area contributed by atoms with Crippen LogP contribution in [0, 0.1) is 0 Å². The van der Waals surface area contributed by atoms with Gasteiger partial charge in [-0.25, -0.2) is 18.4 Å². The summed E-state index contributed by atoms with van der Waals surface area (Å²) in [5.74, 6) is 0. The molecule has 0 saturated heterocycles. The van der Waals surface area contributed by atoms with E-state index >= 15 is 0 Å². The minimum absolute atomic E-state index is 0.0581. The highest BCUT2D eigenvalue weighted by Gasteiger charge is 2.28. The van der Waals surface area contributed by atoms with Crippen molar-refractivity contribution >= 4 is 66.3 Å². The van der Waals surface area contributed by atoms with E-state index in [1.54, 1.807) is 54.6 Å². The summed E-state index contributed by atoms with van der Waals surface area (Å²) >= 11 is 0. The van der Waals surface area contributed by atoms with E-state index in [2.05, 4.69) is 14.7 Å². The number of anilines is 2. The number of aromatic nitrogens is 2. The molecular formula is C24H23B2ClN4O8S2. The number of rotatable bonds is 4. The van der Waals surface area contributed by atoms with Gasteiger partial charge in [0.05, 0.1) is 13.2 Å². The van der Waals surface area contributed by atoms with E-state index in [0.717, 1.165) is 16.6 Å². The Morgan fingerprint density at radius 1 is 0.780 bits per heavy atom. The Hall–Kier alpha value is -3.50. The summed E-state index contributed by atoms with van der Waals surface area (Å²) in [4.78, 5) is 7.34. The van der Waals surface area contributed by atoms with Crippen molar-refractivity contribution < 1.29 is 36.2 Å². The van der Waals surface area contributed by atoms with E-state index < -0.39 is 33.3 Å². The molecule has 212 valence electrons. The maximum atomic E-state index is 12.1. The zero-order valence-corrected chi connectivity index (χ0v) is 23.6. The summed E-state index contributed by atoms with van der Waals surface area (Å²) < 4.78 is 57.8. The highest BCUT2D eigenvalue weighted by molar-refractivity contribution is 8.13. The number of nitrogen functional groups attached to an aromatic ring is 1. The maximum Gasteiger partial charge on any atom is 0.491 e. The first kappa shape index (κ1) is 30.5. The molecule has 0 bridgehead atoms. The third kappa shape index (κ3) is 8.04. The van der Waals surface area contributed by atoms with Crippen LogP contribution in [0.3, 0.4) is 0 Å². The zero-order valence-electron chi connectivity index (χ0n) is 21.2. The monoisotopic (exact) mass is 616 g/mol. The quantitative estimate of drug-likeness (QED) is 0.143. The van der Waals surface area contributed by atoms with E-state index in [-0.39, 0.29) is 10.1 Å². The van der Waals surface area contributed by atoms with E-state index in [0.29, 0.717) is 30.1 Å². The molecule has 4 aromatic rings. The van der Waals surface area contributed by atoms with Crippen LogP contribution in [0.5, 0.6) is 0 Å². The van der Waals surface area contributed by atoms with Gasteiger partial charge in [0.15, 0.2) is 10.1 Å². The fourth-order valence-corrected chi connectivity index (χ4v) is 5.42. The highest BCUT2D eigenvalue weighted by Crippen LogP contribution is 2.18. The Kier molecular flexibility index (Phi) is 9.65. The number of fused-ring (bicyclic) bond motifs is 2. The zero-order chi connectivity index (χ0) is 29.6. The lowest BCUT2D eigenvalue weighted by atomic mass is 9.79. The Bertz CT molecular complexity index is 1720. The van der Waals surface area contributed by atoms with Crippen LogP contribution < -0.4 is 21.4 Å². The number of hydrogen-bond donors (Lipinski definition) is 4. The molecule has 2 aliphatic heterocycles. The number of pyridine rings is 2. The summed E-state index contributed by atoms with van der Waals surface area (Å²) in [6.45, 7) is 0.806. The largest absolute Gasteiger partial charge is 0.491 e. The molecule has 5 N–H and O–H groups in total. The topological polar surface area (TPSA) is 191 Å². The minimum Gasteiger partial charge on any atom is -0.423 e. The molecule has 17 heteroatoms. The molecule has 4 heterocycles. The standard InChI is InChI=1S/C12H11BN2O4S.C7H8BNO2.C5H4ClNO2S/c16-13-11-7-10(5-4-9(11)8-19-13)15-20(17,18)12-3-1-2-6-14-12;9-6-2-1-5-4-11-8(10)7(5)3-6;6-10(8,9)5-3-1-2-4-7-5/h1-7,15-16H,8H2;1-3,10H,4,9H2;1-4H. The number of sulfonamides is 1. The van der Waals surface area contributed by atoms with Crippen LogP contribution in [0.25, 0.3) is 0 Å². The first-order valence-corrected chi connectivity index (χ1v) is 15.6. The van der Waals surface area contributed by atoms with Gasteiger partial charge in [-0.05, 0) is 70.6 Å². The summed E-state index contributed by atoms with van der Waals surface area (Å²) in [6.07, 6.45) is 2.78. The van der Waals surface area contributed by atoms with Crippen molar-refractivity contribution in [2.45, 2.75) is 23.3 Å². The van der Waals surface area contributed by atoms with E-state index in [4.69, 9.17) is 25.7 Å². The van der Waals surface area contributed by atoms with Crippen LogP contribution in [0.1, 0.15) is 11.1 Å². The molecule has 0 saturated carbocycles. The molecule has 41 heavy (non-hydrogen) atoms. The molecule has 0 aliphatic carbocycles. The van der Waals surface area contributed by atoms with Gasteiger partial charge in [0.1, 0.15) is 0 Å². The van der Waals surface area contributed by atoms with Gasteiger partial charge >= 0.3 is 14.2 Å². The van der Waals surface area contributed by atoms with Crippen LogP contribution in [0.2, 0.25) is 0 Å². The lowest BCUT2D eigenvalue weighted by molar-refractivity contribution is 0.275. The molecule has 0 atom stereocenters. The normalized spacial score (nSPS) is 13.7.